The number of anilines is 2. The smallest absolute Gasteiger partial charge is 0.147 e. The standard InChI is InChI=1S/C18H22N6O/c19-17-16(23-6-3-11(4-7-23)24-9-12(25)10-24)15-13-2-1-5-20-18(13)22-14(15)8-21-17/h1-2,5,8,11-12,25H,3-4,6-7,9-10H2,(H2,19,21)(H,20,22). The second kappa shape index (κ2) is 5.57. The number of pyridine rings is 2. The summed E-state index contributed by atoms with van der Waals surface area (Å²) < 4.78 is 0. The number of aromatic nitrogens is 3. The van der Waals surface area contributed by atoms with Crippen LogP contribution >= 0.6 is 0 Å². The van der Waals surface area contributed by atoms with Crippen molar-refractivity contribution >= 4 is 33.4 Å². The number of nitrogens with two attached hydrogens (primary N) is 1. The number of rotatable bonds is 2. The second-order valence-corrected chi connectivity index (χ2v) is 7.13. The van der Waals surface area contributed by atoms with Gasteiger partial charge < -0.3 is 20.7 Å². The first-order valence-electron chi connectivity index (χ1n) is 8.88. The zero-order chi connectivity index (χ0) is 17.0. The van der Waals surface area contributed by atoms with Gasteiger partial charge >= 0.3 is 0 Å². The molecule has 7 nitrogen and oxygen atoms in total. The van der Waals surface area contributed by atoms with E-state index in [9.17, 15) is 5.11 Å². The second-order valence-electron chi connectivity index (χ2n) is 7.13. The maximum absolute atomic E-state index is 9.52. The molecule has 0 atom stereocenters. The number of nitrogens with one attached hydrogen (secondary N) is 1. The molecule has 0 bridgehead atoms. The summed E-state index contributed by atoms with van der Waals surface area (Å²) in [6, 6.07) is 4.60. The molecule has 7 heteroatoms. The lowest BCUT2D eigenvalue weighted by Crippen LogP contribution is -2.57. The molecule has 2 aliphatic heterocycles. The average Bonchev–Trinajstić information content (AvgIpc) is 2.98. The number of β-amino-alcohol motifs (C(OH)–C–C–N with tert-alkyl or cyclic N) is 1. The molecule has 25 heavy (non-hydrogen) atoms. The molecule has 3 aromatic rings. The SMILES string of the molecule is Nc1ncc2[nH]c3ncccc3c2c1N1CCC(N2CC(O)C2)CC1. The van der Waals surface area contributed by atoms with E-state index in [0.717, 1.165) is 66.6 Å². The van der Waals surface area contributed by atoms with E-state index >= 15 is 0 Å². The van der Waals surface area contributed by atoms with Gasteiger partial charge in [-0.05, 0) is 25.0 Å². The molecule has 0 unspecified atom stereocenters. The van der Waals surface area contributed by atoms with E-state index in [1.54, 1.807) is 12.4 Å². The van der Waals surface area contributed by atoms with Crippen molar-refractivity contribution in [2.24, 2.45) is 0 Å². The van der Waals surface area contributed by atoms with Crippen molar-refractivity contribution in [3.63, 3.8) is 0 Å². The van der Waals surface area contributed by atoms with Crippen molar-refractivity contribution in [2.45, 2.75) is 25.0 Å². The van der Waals surface area contributed by atoms with Gasteiger partial charge in [-0.2, -0.15) is 0 Å². The van der Waals surface area contributed by atoms with Gasteiger partial charge in [-0.3, -0.25) is 4.90 Å². The van der Waals surface area contributed by atoms with Gasteiger partial charge in [0.1, 0.15) is 11.5 Å². The summed E-state index contributed by atoms with van der Waals surface area (Å²) in [7, 11) is 0. The van der Waals surface area contributed by atoms with Gasteiger partial charge in [0.05, 0.1) is 23.5 Å². The Bertz CT molecular complexity index is 924. The third-order valence-electron chi connectivity index (χ3n) is 5.60. The Morgan fingerprint density at radius 3 is 2.76 bits per heavy atom. The third-order valence-corrected chi connectivity index (χ3v) is 5.60. The van der Waals surface area contributed by atoms with Crippen LogP contribution in [0.25, 0.3) is 21.9 Å². The molecular formula is C18H22N6O. The number of likely N-dealkylation sites (tertiary alicyclic amines) is 1. The Hall–Kier alpha value is -2.38. The zero-order valence-electron chi connectivity index (χ0n) is 14.0. The van der Waals surface area contributed by atoms with E-state index in [4.69, 9.17) is 5.73 Å². The van der Waals surface area contributed by atoms with E-state index in [0.29, 0.717) is 11.9 Å². The van der Waals surface area contributed by atoms with Gasteiger partial charge in [0.2, 0.25) is 0 Å². The Morgan fingerprint density at radius 1 is 1.20 bits per heavy atom. The minimum atomic E-state index is -0.134. The minimum Gasteiger partial charge on any atom is -0.390 e. The molecule has 3 aromatic heterocycles. The molecule has 0 saturated carbocycles. The summed E-state index contributed by atoms with van der Waals surface area (Å²) >= 11 is 0. The number of aliphatic hydroxyl groups is 1. The van der Waals surface area contributed by atoms with Crippen LogP contribution in [0.15, 0.2) is 24.5 Å². The molecular weight excluding hydrogens is 316 g/mol. The van der Waals surface area contributed by atoms with E-state index in [1.165, 1.54) is 0 Å². The highest BCUT2D eigenvalue weighted by molar-refractivity contribution is 6.14. The van der Waals surface area contributed by atoms with Crippen LogP contribution in [-0.2, 0) is 0 Å². The van der Waals surface area contributed by atoms with Gasteiger partial charge in [0, 0.05) is 49.2 Å². The minimum absolute atomic E-state index is 0.134. The lowest BCUT2D eigenvalue weighted by Gasteiger charge is -2.45. The maximum Gasteiger partial charge on any atom is 0.147 e. The summed E-state index contributed by atoms with van der Waals surface area (Å²) in [5.74, 6) is 0.579. The maximum atomic E-state index is 9.52. The summed E-state index contributed by atoms with van der Waals surface area (Å²) in [5.41, 5.74) is 9.16. The van der Waals surface area contributed by atoms with Crippen LogP contribution < -0.4 is 10.6 Å². The Kier molecular flexibility index (Phi) is 3.33. The normalized spacial score (nSPS) is 20.4. The van der Waals surface area contributed by atoms with E-state index in [-0.39, 0.29) is 6.10 Å². The van der Waals surface area contributed by atoms with Crippen LogP contribution in [0.4, 0.5) is 11.5 Å². The molecule has 0 radical (unpaired) electrons. The highest BCUT2D eigenvalue weighted by atomic mass is 16.3. The highest BCUT2D eigenvalue weighted by Crippen LogP contribution is 2.37. The largest absolute Gasteiger partial charge is 0.390 e. The molecule has 2 fully saturated rings. The van der Waals surface area contributed by atoms with Gasteiger partial charge in [0.15, 0.2) is 0 Å². The average molecular weight is 338 g/mol. The van der Waals surface area contributed by atoms with Gasteiger partial charge in [-0.15, -0.1) is 0 Å². The fraction of sp³-hybridized carbons (Fsp3) is 0.444. The number of hydrogen-bond acceptors (Lipinski definition) is 6. The molecule has 0 aliphatic carbocycles. The fourth-order valence-corrected chi connectivity index (χ4v) is 4.28. The molecule has 2 saturated heterocycles. The summed E-state index contributed by atoms with van der Waals surface area (Å²) in [6.07, 6.45) is 5.63. The van der Waals surface area contributed by atoms with Crippen LogP contribution in [-0.4, -0.2) is 63.3 Å². The monoisotopic (exact) mass is 338 g/mol. The molecule has 4 N–H and O–H groups in total. The van der Waals surface area contributed by atoms with Crippen molar-refractivity contribution in [3.05, 3.63) is 24.5 Å². The van der Waals surface area contributed by atoms with Crippen LogP contribution in [0.2, 0.25) is 0 Å². The molecule has 0 spiro atoms. The Balaban J connectivity index is 1.49. The summed E-state index contributed by atoms with van der Waals surface area (Å²) in [6.45, 7) is 3.54. The van der Waals surface area contributed by atoms with Crippen LogP contribution in [0.5, 0.6) is 0 Å². The lowest BCUT2D eigenvalue weighted by molar-refractivity contribution is -0.0300. The molecule has 0 amide bonds. The highest BCUT2D eigenvalue weighted by Gasteiger charge is 2.33. The predicted octanol–water partition coefficient (Wildman–Crippen LogP) is 1.34. The van der Waals surface area contributed by atoms with Crippen molar-refractivity contribution in [1.82, 2.24) is 19.9 Å². The van der Waals surface area contributed by atoms with E-state index < -0.39 is 0 Å². The Morgan fingerprint density at radius 2 is 2.00 bits per heavy atom. The first-order valence-corrected chi connectivity index (χ1v) is 8.88. The number of H-pyrrole nitrogens is 1. The van der Waals surface area contributed by atoms with Crippen molar-refractivity contribution in [1.29, 1.82) is 0 Å². The number of nitrogens with zero attached hydrogens (tertiary/aromatic N) is 4. The quantitative estimate of drug-likeness (QED) is 0.653. The molecule has 5 rings (SSSR count). The fourth-order valence-electron chi connectivity index (χ4n) is 4.28. The number of aliphatic hydroxyl groups excluding tert-OH is 1. The van der Waals surface area contributed by atoms with Crippen molar-refractivity contribution in [2.75, 3.05) is 36.8 Å². The predicted molar refractivity (Wildman–Crippen MR) is 98.6 cm³/mol. The third kappa shape index (κ3) is 2.34. The van der Waals surface area contributed by atoms with E-state index in [1.807, 2.05) is 6.07 Å². The Labute approximate surface area is 145 Å². The number of aromatic amines is 1. The number of hydrogen-bond donors (Lipinski definition) is 3. The first-order chi connectivity index (χ1) is 12.2. The van der Waals surface area contributed by atoms with Crippen LogP contribution in [0.1, 0.15) is 12.8 Å². The molecule has 0 aromatic carbocycles. The van der Waals surface area contributed by atoms with Gasteiger partial charge in [-0.25, -0.2) is 9.97 Å². The summed E-state index contributed by atoms with van der Waals surface area (Å²) in [5, 5.41) is 11.7. The zero-order valence-corrected chi connectivity index (χ0v) is 14.0. The molecule has 2 aliphatic rings. The van der Waals surface area contributed by atoms with Crippen LogP contribution in [0, 0.1) is 0 Å². The molecule has 130 valence electrons. The van der Waals surface area contributed by atoms with E-state index in [2.05, 4.69) is 30.8 Å². The lowest BCUT2D eigenvalue weighted by atomic mass is 9.98. The van der Waals surface area contributed by atoms with Crippen molar-refractivity contribution < 1.29 is 5.11 Å². The first kappa shape index (κ1) is 14.9. The van der Waals surface area contributed by atoms with Crippen LogP contribution in [0.3, 0.4) is 0 Å². The number of piperidine rings is 1. The van der Waals surface area contributed by atoms with Gasteiger partial charge in [0.25, 0.3) is 0 Å². The molecule has 5 heterocycles. The van der Waals surface area contributed by atoms with Gasteiger partial charge in [-0.1, -0.05) is 0 Å². The number of fused-ring (bicyclic) bond motifs is 3. The topological polar surface area (TPSA) is 94.3 Å². The number of nitrogen functional groups attached to an aromatic ring is 1. The van der Waals surface area contributed by atoms with Crippen molar-refractivity contribution in [3.8, 4) is 0 Å². The summed E-state index contributed by atoms with van der Waals surface area (Å²) in [4.78, 5) is 16.9.